The minimum Gasteiger partial charge on any atom is -0.497 e. The molecule has 1 saturated heterocycles. The summed E-state index contributed by atoms with van der Waals surface area (Å²) in [4.78, 5) is 19.5. The van der Waals surface area contributed by atoms with Crippen LogP contribution in [0.5, 0.6) is 5.75 Å². The molecule has 1 fully saturated rings. The van der Waals surface area contributed by atoms with Crippen molar-refractivity contribution in [2.75, 3.05) is 32.1 Å². The highest BCUT2D eigenvalue weighted by molar-refractivity contribution is 7.09. The Morgan fingerprint density at radius 3 is 2.94 bits per heavy atom. The summed E-state index contributed by atoms with van der Waals surface area (Å²) in [5.74, 6) is 2.12. The van der Waals surface area contributed by atoms with Gasteiger partial charge in [-0.05, 0) is 67.1 Å². The first-order valence-corrected chi connectivity index (χ1v) is 11.8. The fourth-order valence-corrected chi connectivity index (χ4v) is 5.17. The van der Waals surface area contributed by atoms with Crippen LogP contribution in [0.1, 0.15) is 29.2 Å². The molecule has 0 aliphatic carbocycles. The van der Waals surface area contributed by atoms with Gasteiger partial charge in [-0.3, -0.25) is 9.69 Å². The van der Waals surface area contributed by atoms with E-state index < -0.39 is 0 Å². The number of nitrogens with zero attached hydrogens (tertiary/aromatic N) is 3. The molecule has 2 N–H and O–H groups in total. The molecular formula is C24H27N5O2S. The second-order valence-electron chi connectivity index (χ2n) is 8.21. The number of piperidine rings is 1. The van der Waals surface area contributed by atoms with Crippen LogP contribution >= 0.6 is 11.3 Å². The molecule has 32 heavy (non-hydrogen) atoms. The number of H-pyrrole nitrogens is 1. The van der Waals surface area contributed by atoms with Gasteiger partial charge in [0.2, 0.25) is 5.91 Å². The maximum absolute atomic E-state index is 12.7. The van der Waals surface area contributed by atoms with Crippen LogP contribution in [0.2, 0.25) is 0 Å². The van der Waals surface area contributed by atoms with Crippen molar-refractivity contribution < 1.29 is 9.53 Å². The minimum atomic E-state index is 0.00760. The Bertz CT molecular complexity index is 1190. The lowest BCUT2D eigenvalue weighted by Crippen LogP contribution is -2.39. The molecular weight excluding hydrogens is 422 g/mol. The third-order valence-electron chi connectivity index (χ3n) is 6.19. The molecule has 0 radical (unpaired) electrons. The molecule has 0 bridgehead atoms. The van der Waals surface area contributed by atoms with Gasteiger partial charge in [0.1, 0.15) is 11.6 Å². The Balaban J connectivity index is 1.16. The SMILES string of the molecule is COc1ccc2[nH]cc(C3CCN(CC(=O)Nc4ccnn4Cc4cccs4)CC3)c2c1. The molecule has 5 rings (SSSR count). The molecule has 1 amide bonds. The smallest absolute Gasteiger partial charge is 0.239 e. The summed E-state index contributed by atoms with van der Waals surface area (Å²) in [7, 11) is 1.70. The van der Waals surface area contributed by atoms with Crippen LogP contribution in [0, 0.1) is 0 Å². The number of rotatable bonds is 7. The van der Waals surface area contributed by atoms with E-state index in [1.165, 1.54) is 15.8 Å². The number of benzene rings is 1. The third kappa shape index (κ3) is 4.42. The first-order chi connectivity index (χ1) is 15.7. The molecule has 1 aliphatic heterocycles. The minimum absolute atomic E-state index is 0.00760. The van der Waals surface area contributed by atoms with Crippen molar-refractivity contribution in [1.82, 2.24) is 19.7 Å². The van der Waals surface area contributed by atoms with Crippen molar-refractivity contribution in [3.8, 4) is 5.75 Å². The van der Waals surface area contributed by atoms with Crippen molar-refractivity contribution >= 4 is 34.0 Å². The number of fused-ring (bicyclic) bond motifs is 1. The van der Waals surface area contributed by atoms with Crippen LogP contribution in [0.4, 0.5) is 5.82 Å². The zero-order chi connectivity index (χ0) is 21.9. The van der Waals surface area contributed by atoms with Gasteiger partial charge in [0.25, 0.3) is 0 Å². The van der Waals surface area contributed by atoms with Crippen LogP contribution in [0.25, 0.3) is 10.9 Å². The molecule has 4 heterocycles. The number of nitrogens with one attached hydrogen (secondary N) is 2. The molecule has 7 nitrogen and oxygen atoms in total. The zero-order valence-electron chi connectivity index (χ0n) is 18.1. The van der Waals surface area contributed by atoms with E-state index in [1.807, 2.05) is 28.3 Å². The van der Waals surface area contributed by atoms with Crippen LogP contribution in [-0.4, -0.2) is 52.3 Å². The predicted molar refractivity (Wildman–Crippen MR) is 128 cm³/mol. The topological polar surface area (TPSA) is 75.2 Å². The summed E-state index contributed by atoms with van der Waals surface area (Å²) in [6, 6.07) is 12.1. The van der Waals surface area contributed by atoms with Crippen molar-refractivity contribution in [3.05, 3.63) is 64.6 Å². The Morgan fingerprint density at radius 1 is 1.28 bits per heavy atom. The number of aromatic amines is 1. The molecule has 0 saturated carbocycles. The fraction of sp³-hybridized carbons (Fsp3) is 0.333. The molecule has 8 heteroatoms. The van der Waals surface area contributed by atoms with E-state index >= 15 is 0 Å². The van der Waals surface area contributed by atoms with Crippen molar-refractivity contribution in [2.45, 2.75) is 25.3 Å². The quantitative estimate of drug-likeness (QED) is 0.441. The van der Waals surface area contributed by atoms with Gasteiger partial charge in [0, 0.05) is 28.0 Å². The van der Waals surface area contributed by atoms with Gasteiger partial charge in [-0.1, -0.05) is 6.07 Å². The molecule has 1 aromatic carbocycles. The lowest BCUT2D eigenvalue weighted by molar-refractivity contribution is -0.117. The van der Waals surface area contributed by atoms with E-state index in [2.05, 4.69) is 44.7 Å². The van der Waals surface area contributed by atoms with Crippen LogP contribution in [-0.2, 0) is 11.3 Å². The van der Waals surface area contributed by atoms with E-state index in [4.69, 9.17) is 4.74 Å². The molecule has 1 aliphatic rings. The summed E-state index contributed by atoms with van der Waals surface area (Å²) in [5.41, 5.74) is 2.49. The van der Waals surface area contributed by atoms with Crippen molar-refractivity contribution in [3.63, 3.8) is 0 Å². The number of likely N-dealkylation sites (tertiary alicyclic amines) is 1. The average molecular weight is 450 g/mol. The van der Waals surface area contributed by atoms with Crippen molar-refractivity contribution in [1.29, 1.82) is 0 Å². The summed E-state index contributed by atoms with van der Waals surface area (Å²) in [5, 5.41) is 10.7. The number of hydrogen-bond acceptors (Lipinski definition) is 5. The Labute approximate surface area is 191 Å². The van der Waals surface area contributed by atoms with Gasteiger partial charge in [-0.15, -0.1) is 11.3 Å². The number of anilines is 1. The zero-order valence-corrected chi connectivity index (χ0v) is 18.9. The van der Waals surface area contributed by atoms with Gasteiger partial charge in [0.05, 0.1) is 26.4 Å². The third-order valence-corrected chi connectivity index (χ3v) is 7.05. The number of ether oxygens (including phenoxy) is 1. The lowest BCUT2D eigenvalue weighted by Gasteiger charge is -2.31. The molecule has 4 aromatic rings. The molecule has 3 aromatic heterocycles. The van der Waals surface area contributed by atoms with E-state index in [9.17, 15) is 4.79 Å². The largest absolute Gasteiger partial charge is 0.497 e. The molecule has 0 spiro atoms. The fourth-order valence-electron chi connectivity index (χ4n) is 4.49. The van der Waals surface area contributed by atoms with Crippen molar-refractivity contribution in [2.24, 2.45) is 0 Å². The number of hydrogen-bond donors (Lipinski definition) is 2. The lowest BCUT2D eigenvalue weighted by atomic mass is 9.89. The number of carbonyl (C=O) groups excluding carboxylic acids is 1. The molecule has 0 unspecified atom stereocenters. The van der Waals surface area contributed by atoms with Gasteiger partial charge < -0.3 is 15.0 Å². The Hall–Kier alpha value is -3.10. The molecule has 166 valence electrons. The average Bonchev–Trinajstić information content (AvgIpc) is 3.56. The second kappa shape index (κ2) is 9.18. The number of carbonyl (C=O) groups is 1. The predicted octanol–water partition coefficient (Wildman–Crippen LogP) is 4.30. The van der Waals surface area contributed by atoms with Gasteiger partial charge >= 0.3 is 0 Å². The maximum atomic E-state index is 12.7. The second-order valence-corrected chi connectivity index (χ2v) is 9.24. The normalized spacial score (nSPS) is 15.3. The molecule has 0 atom stereocenters. The number of methoxy groups -OCH3 is 1. The first kappa shape index (κ1) is 20.8. The highest BCUT2D eigenvalue weighted by Gasteiger charge is 2.24. The standard InChI is InChI=1S/C24H27N5O2S/c1-31-18-4-5-22-20(13-18)21(14-25-22)17-7-10-28(11-8-17)16-24(30)27-23-6-9-26-29(23)15-19-3-2-12-32-19/h2-6,9,12-14,17,25H,7-8,10-11,15-16H2,1H3,(H,27,30). The summed E-state index contributed by atoms with van der Waals surface area (Å²) < 4.78 is 7.24. The highest BCUT2D eigenvalue weighted by Crippen LogP contribution is 2.34. The number of amides is 1. The van der Waals surface area contributed by atoms with E-state index in [1.54, 1.807) is 24.6 Å². The van der Waals surface area contributed by atoms with Gasteiger partial charge in [-0.2, -0.15) is 5.10 Å². The van der Waals surface area contributed by atoms with Crippen LogP contribution in [0.3, 0.4) is 0 Å². The summed E-state index contributed by atoms with van der Waals surface area (Å²) in [6.45, 7) is 2.88. The van der Waals surface area contributed by atoms with Gasteiger partial charge in [-0.25, -0.2) is 4.68 Å². The Morgan fingerprint density at radius 2 is 2.16 bits per heavy atom. The van der Waals surface area contributed by atoms with Crippen LogP contribution in [0.15, 0.2) is 54.2 Å². The number of aromatic nitrogens is 3. The summed E-state index contributed by atoms with van der Waals surface area (Å²) in [6.07, 6.45) is 5.93. The Kier molecular flexibility index (Phi) is 5.96. The van der Waals surface area contributed by atoms with E-state index in [0.717, 1.165) is 43.0 Å². The maximum Gasteiger partial charge on any atom is 0.239 e. The van der Waals surface area contributed by atoms with E-state index in [-0.39, 0.29) is 5.91 Å². The van der Waals surface area contributed by atoms with Gasteiger partial charge in [0.15, 0.2) is 0 Å². The monoisotopic (exact) mass is 449 g/mol. The highest BCUT2D eigenvalue weighted by atomic mass is 32.1. The number of thiophene rings is 1. The summed E-state index contributed by atoms with van der Waals surface area (Å²) >= 11 is 1.69. The van der Waals surface area contributed by atoms with E-state index in [0.29, 0.717) is 19.0 Å². The van der Waals surface area contributed by atoms with Crippen LogP contribution < -0.4 is 10.1 Å². The first-order valence-electron chi connectivity index (χ1n) is 10.9.